The second kappa shape index (κ2) is 4.79. The SMILES string of the molecule is Cc1cc2c(Oc3ccccc3C#N)nc(N)nc2s1. The molecule has 0 aliphatic carbocycles. The maximum Gasteiger partial charge on any atom is 0.232 e. The summed E-state index contributed by atoms with van der Waals surface area (Å²) in [6.45, 7) is 1.98. The largest absolute Gasteiger partial charge is 0.437 e. The lowest BCUT2D eigenvalue weighted by Gasteiger charge is -2.07. The number of ether oxygens (including phenoxy) is 1. The number of nitriles is 1. The van der Waals surface area contributed by atoms with Crippen LogP contribution in [-0.4, -0.2) is 9.97 Å². The lowest BCUT2D eigenvalue weighted by atomic mass is 10.2. The minimum Gasteiger partial charge on any atom is -0.437 e. The molecule has 0 atom stereocenters. The molecular formula is C14H10N4OS. The van der Waals surface area contributed by atoms with Gasteiger partial charge in [-0.1, -0.05) is 12.1 Å². The van der Waals surface area contributed by atoms with Crippen LogP contribution in [0.3, 0.4) is 0 Å². The summed E-state index contributed by atoms with van der Waals surface area (Å²) in [5.74, 6) is 0.988. The summed E-state index contributed by atoms with van der Waals surface area (Å²) in [5, 5.41) is 9.88. The van der Waals surface area contributed by atoms with Crippen molar-refractivity contribution in [2.75, 3.05) is 5.73 Å². The van der Waals surface area contributed by atoms with Crippen LogP contribution in [0.5, 0.6) is 11.6 Å². The van der Waals surface area contributed by atoms with E-state index in [1.165, 1.54) is 11.3 Å². The number of nitrogen functional groups attached to an aromatic ring is 1. The number of thiophene rings is 1. The van der Waals surface area contributed by atoms with Crippen LogP contribution in [0.15, 0.2) is 30.3 Å². The predicted octanol–water partition coefficient (Wildman–Crippen LogP) is 3.25. The zero-order valence-electron chi connectivity index (χ0n) is 10.6. The third-order valence-corrected chi connectivity index (χ3v) is 3.66. The van der Waals surface area contributed by atoms with E-state index in [0.717, 1.165) is 15.1 Å². The van der Waals surface area contributed by atoms with E-state index in [0.29, 0.717) is 17.2 Å². The summed E-state index contributed by atoms with van der Waals surface area (Å²) in [6, 6.07) is 11.0. The van der Waals surface area contributed by atoms with Crippen molar-refractivity contribution in [1.82, 2.24) is 9.97 Å². The first-order chi connectivity index (χ1) is 9.67. The number of rotatable bonds is 2. The Morgan fingerprint density at radius 2 is 2.10 bits per heavy atom. The molecule has 1 aromatic carbocycles. The summed E-state index contributed by atoms with van der Waals surface area (Å²) in [6.07, 6.45) is 0. The zero-order chi connectivity index (χ0) is 14.1. The monoisotopic (exact) mass is 282 g/mol. The molecule has 2 aromatic heterocycles. The van der Waals surface area contributed by atoms with E-state index in [2.05, 4.69) is 16.0 Å². The van der Waals surface area contributed by atoms with Crippen molar-refractivity contribution in [3.8, 4) is 17.7 Å². The van der Waals surface area contributed by atoms with Gasteiger partial charge in [0, 0.05) is 4.88 Å². The fraction of sp³-hybridized carbons (Fsp3) is 0.0714. The molecule has 3 aromatic rings. The highest BCUT2D eigenvalue weighted by Crippen LogP contribution is 2.33. The molecular weight excluding hydrogens is 272 g/mol. The number of nitrogens with zero attached hydrogens (tertiary/aromatic N) is 3. The molecule has 0 fully saturated rings. The second-order valence-corrected chi connectivity index (χ2v) is 5.41. The Bertz CT molecular complexity index is 835. The topological polar surface area (TPSA) is 84.8 Å². The third kappa shape index (κ3) is 2.15. The first-order valence-electron chi connectivity index (χ1n) is 5.88. The Labute approximate surface area is 119 Å². The minimum atomic E-state index is 0.156. The van der Waals surface area contributed by atoms with E-state index in [1.807, 2.05) is 13.0 Å². The molecule has 5 nitrogen and oxygen atoms in total. The zero-order valence-corrected chi connectivity index (χ0v) is 11.4. The van der Waals surface area contributed by atoms with Crippen LogP contribution in [-0.2, 0) is 0 Å². The molecule has 3 rings (SSSR count). The number of nitrogens with two attached hydrogens (primary N) is 1. The summed E-state index contributed by atoms with van der Waals surface area (Å²) in [7, 11) is 0. The van der Waals surface area contributed by atoms with E-state index in [4.69, 9.17) is 15.7 Å². The van der Waals surface area contributed by atoms with E-state index < -0.39 is 0 Å². The maximum absolute atomic E-state index is 9.08. The predicted molar refractivity (Wildman–Crippen MR) is 77.8 cm³/mol. The molecule has 0 saturated heterocycles. The number of hydrogen-bond donors (Lipinski definition) is 1. The Hall–Kier alpha value is -2.65. The van der Waals surface area contributed by atoms with Crippen LogP contribution in [0.4, 0.5) is 5.95 Å². The van der Waals surface area contributed by atoms with Crippen LogP contribution in [0.2, 0.25) is 0 Å². The Morgan fingerprint density at radius 3 is 2.90 bits per heavy atom. The summed E-state index contributed by atoms with van der Waals surface area (Å²) >= 11 is 1.52. The fourth-order valence-electron chi connectivity index (χ4n) is 1.86. The molecule has 2 heterocycles. The van der Waals surface area contributed by atoms with Crippen molar-refractivity contribution in [3.05, 3.63) is 40.8 Å². The lowest BCUT2D eigenvalue weighted by molar-refractivity contribution is 0.468. The molecule has 0 radical (unpaired) electrons. The van der Waals surface area contributed by atoms with Gasteiger partial charge in [-0.2, -0.15) is 10.2 Å². The van der Waals surface area contributed by atoms with Gasteiger partial charge >= 0.3 is 0 Å². The summed E-state index contributed by atoms with van der Waals surface area (Å²) in [4.78, 5) is 10.2. The molecule has 0 bridgehead atoms. The maximum atomic E-state index is 9.08. The molecule has 98 valence electrons. The Balaban J connectivity index is 2.13. The van der Waals surface area contributed by atoms with Crippen molar-refractivity contribution in [2.45, 2.75) is 6.92 Å². The van der Waals surface area contributed by atoms with Gasteiger partial charge in [-0.05, 0) is 25.1 Å². The molecule has 0 aliphatic heterocycles. The average Bonchev–Trinajstić information content (AvgIpc) is 2.79. The molecule has 0 spiro atoms. The smallest absolute Gasteiger partial charge is 0.232 e. The Kier molecular flexibility index (Phi) is 2.97. The van der Waals surface area contributed by atoms with Crippen molar-refractivity contribution < 1.29 is 4.74 Å². The summed E-state index contributed by atoms with van der Waals surface area (Å²) in [5.41, 5.74) is 6.15. The van der Waals surface area contributed by atoms with Gasteiger partial charge in [-0.25, -0.2) is 4.98 Å². The molecule has 0 amide bonds. The van der Waals surface area contributed by atoms with Crippen LogP contribution < -0.4 is 10.5 Å². The first kappa shape index (κ1) is 12.4. The number of aromatic nitrogens is 2. The molecule has 6 heteroatoms. The Morgan fingerprint density at radius 1 is 1.30 bits per heavy atom. The number of aryl methyl sites for hydroxylation is 1. The molecule has 0 unspecified atom stereocenters. The van der Waals surface area contributed by atoms with Gasteiger partial charge < -0.3 is 10.5 Å². The molecule has 0 aliphatic rings. The number of fused-ring (bicyclic) bond motifs is 1. The average molecular weight is 282 g/mol. The second-order valence-electron chi connectivity index (χ2n) is 4.17. The number of para-hydroxylation sites is 1. The first-order valence-corrected chi connectivity index (χ1v) is 6.69. The van der Waals surface area contributed by atoms with Gasteiger partial charge in [-0.15, -0.1) is 11.3 Å². The van der Waals surface area contributed by atoms with Crippen molar-refractivity contribution >= 4 is 27.5 Å². The van der Waals surface area contributed by atoms with Gasteiger partial charge in [0.05, 0.1) is 10.9 Å². The van der Waals surface area contributed by atoms with Crippen LogP contribution in [0.25, 0.3) is 10.2 Å². The molecule has 0 saturated carbocycles. The van der Waals surface area contributed by atoms with Crippen LogP contribution in [0.1, 0.15) is 10.4 Å². The number of benzene rings is 1. The lowest BCUT2D eigenvalue weighted by Crippen LogP contribution is -1.98. The van der Waals surface area contributed by atoms with Gasteiger partial charge in [0.15, 0.2) is 0 Å². The normalized spacial score (nSPS) is 10.4. The third-order valence-electron chi connectivity index (χ3n) is 2.71. The van der Waals surface area contributed by atoms with E-state index >= 15 is 0 Å². The van der Waals surface area contributed by atoms with E-state index in [1.54, 1.807) is 24.3 Å². The van der Waals surface area contributed by atoms with Crippen molar-refractivity contribution in [1.29, 1.82) is 5.26 Å². The van der Waals surface area contributed by atoms with E-state index in [-0.39, 0.29) is 5.95 Å². The number of anilines is 1. The van der Waals surface area contributed by atoms with E-state index in [9.17, 15) is 0 Å². The highest BCUT2D eigenvalue weighted by atomic mass is 32.1. The quantitative estimate of drug-likeness (QED) is 0.779. The highest BCUT2D eigenvalue weighted by molar-refractivity contribution is 7.18. The van der Waals surface area contributed by atoms with Crippen LogP contribution >= 0.6 is 11.3 Å². The van der Waals surface area contributed by atoms with Gasteiger partial charge in [0.1, 0.15) is 16.6 Å². The van der Waals surface area contributed by atoms with Crippen LogP contribution in [0, 0.1) is 18.3 Å². The van der Waals surface area contributed by atoms with Crippen molar-refractivity contribution in [2.24, 2.45) is 0 Å². The van der Waals surface area contributed by atoms with Gasteiger partial charge in [0.2, 0.25) is 11.8 Å². The standard InChI is InChI=1S/C14H10N4OS/c1-8-6-10-12(17-14(16)18-13(10)20-8)19-11-5-3-2-4-9(11)7-15/h2-6H,1H3,(H2,16,17,18). The summed E-state index contributed by atoms with van der Waals surface area (Å²) < 4.78 is 5.76. The molecule has 2 N–H and O–H groups in total. The van der Waals surface area contributed by atoms with Gasteiger partial charge in [0.25, 0.3) is 0 Å². The number of hydrogen-bond acceptors (Lipinski definition) is 6. The fourth-order valence-corrected chi connectivity index (χ4v) is 2.74. The minimum absolute atomic E-state index is 0.156. The highest BCUT2D eigenvalue weighted by Gasteiger charge is 2.13. The van der Waals surface area contributed by atoms with Crippen molar-refractivity contribution in [3.63, 3.8) is 0 Å². The molecule has 20 heavy (non-hydrogen) atoms. The van der Waals surface area contributed by atoms with Gasteiger partial charge in [-0.3, -0.25) is 0 Å².